The quantitative estimate of drug-likeness (QED) is 0.905. The van der Waals surface area contributed by atoms with Crippen molar-refractivity contribution < 1.29 is 27.5 Å². The smallest absolute Gasteiger partial charge is 0.351 e. The number of fused-ring (bicyclic) bond motifs is 1. The van der Waals surface area contributed by atoms with Crippen LogP contribution in [0.1, 0.15) is 25.3 Å². The summed E-state index contributed by atoms with van der Waals surface area (Å²) in [5.41, 5.74) is 1.69. The van der Waals surface area contributed by atoms with Crippen LogP contribution in [0.15, 0.2) is 24.3 Å². The van der Waals surface area contributed by atoms with Crippen LogP contribution < -0.4 is 10.2 Å². The first-order valence-electron chi connectivity index (χ1n) is 8.14. The number of alkyl halides is 3. The van der Waals surface area contributed by atoms with E-state index >= 15 is 0 Å². The van der Waals surface area contributed by atoms with Crippen molar-refractivity contribution in [1.29, 1.82) is 0 Å². The number of ether oxygens (including phenoxy) is 1. The number of benzene rings is 1. The van der Waals surface area contributed by atoms with Crippen LogP contribution in [-0.4, -0.2) is 36.9 Å². The summed E-state index contributed by atoms with van der Waals surface area (Å²) in [6.07, 6.45) is -4.90. The van der Waals surface area contributed by atoms with Crippen molar-refractivity contribution in [3.8, 4) is 0 Å². The largest absolute Gasteiger partial charge is 0.522 e. The first-order valence-corrected chi connectivity index (χ1v) is 8.14. The van der Waals surface area contributed by atoms with Crippen molar-refractivity contribution >= 4 is 17.5 Å². The van der Waals surface area contributed by atoms with Crippen LogP contribution in [0, 0.1) is 5.92 Å². The van der Waals surface area contributed by atoms with Crippen LogP contribution in [0.2, 0.25) is 0 Å². The molecule has 136 valence electrons. The maximum atomic E-state index is 12.8. The fraction of sp³-hybridized carbons (Fsp3) is 0.529. The number of hydrogen-bond donors (Lipinski definition) is 1. The number of nitrogens with zero attached hydrogens (tertiary/aromatic N) is 1. The highest BCUT2D eigenvalue weighted by molar-refractivity contribution is 5.97. The molecule has 0 radical (unpaired) electrons. The first-order chi connectivity index (χ1) is 11.7. The lowest BCUT2D eigenvalue weighted by Gasteiger charge is -2.41. The zero-order valence-electron chi connectivity index (χ0n) is 13.7. The molecule has 5 nitrogen and oxygen atoms in total. The highest BCUT2D eigenvalue weighted by Crippen LogP contribution is 2.38. The van der Waals surface area contributed by atoms with Gasteiger partial charge >= 0.3 is 6.36 Å². The number of para-hydroxylation sites is 1. The van der Waals surface area contributed by atoms with Gasteiger partial charge in [0.1, 0.15) is 0 Å². The summed E-state index contributed by atoms with van der Waals surface area (Å²) in [5.74, 6) is -0.889. The molecular weight excluding hydrogens is 337 g/mol. The van der Waals surface area contributed by atoms with E-state index in [1.165, 1.54) is 6.92 Å². The van der Waals surface area contributed by atoms with Crippen LogP contribution in [0.3, 0.4) is 0 Å². The fourth-order valence-electron chi connectivity index (χ4n) is 3.46. The molecule has 0 spiro atoms. The van der Waals surface area contributed by atoms with Crippen molar-refractivity contribution in [1.82, 2.24) is 5.32 Å². The highest BCUT2D eigenvalue weighted by Gasteiger charge is 2.44. The Morgan fingerprint density at radius 2 is 1.92 bits per heavy atom. The minimum Gasteiger partial charge on any atom is -0.351 e. The van der Waals surface area contributed by atoms with Crippen molar-refractivity contribution in [3.05, 3.63) is 29.8 Å². The molecule has 2 amide bonds. The van der Waals surface area contributed by atoms with E-state index < -0.39 is 18.4 Å². The maximum absolute atomic E-state index is 12.8. The Bertz CT molecular complexity index is 671. The zero-order chi connectivity index (χ0) is 18.2. The molecule has 1 saturated carbocycles. The van der Waals surface area contributed by atoms with Gasteiger partial charge in [0.2, 0.25) is 11.8 Å². The summed E-state index contributed by atoms with van der Waals surface area (Å²) in [7, 11) is 0. The van der Waals surface area contributed by atoms with Gasteiger partial charge in [-0.05, 0) is 30.9 Å². The van der Waals surface area contributed by atoms with Crippen molar-refractivity contribution in [2.24, 2.45) is 5.92 Å². The Hall–Kier alpha value is -2.09. The van der Waals surface area contributed by atoms with Gasteiger partial charge in [-0.1, -0.05) is 18.2 Å². The van der Waals surface area contributed by atoms with Gasteiger partial charge in [-0.3, -0.25) is 14.3 Å². The predicted molar refractivity (Wildman–Crippen MR) is 83.8 cm³/mol. The molecule has 2 aliphatic rings. The third-order valence-corrected chi connectivity index (χ3v) is 4.57. The molecule has 0 bridgehead atoms. The van der Waals surface area contributed by atoms with E-state index in [2.05, 4.69) is 10.1 Å². The molecule has 1 aromatic carbocycles. The molecule has 1 aliphatic heterocycles. The second-order valence-electron chi connectivity index (χ2n) is 6.53. The van der Waals surface area contributed by atoms with Gasteiger partial charge < -0.3 is 10.2 Å². The van der Waals surface area contributed by atoms with Gasteiger partial charge in [-0.15, -0.1) is 13.2 Å². The molecule has 0 aromatic heterocycles. The monoisotopic (exact) mass is 356 g/mol. The van der Waals surface area contributed by atoms with Crippen LogP contribution in [-0.2, 0) is 20.7 Å². The Labute approximate surface area is 143 Å². The standard InChI is InChI=1S/C17H19F3N2O3/c1-10(23)21-13-6-11-4-2-3-5-15(11)22(9-13)16(24)12-7-14(8-12)25-17(18,19)20/h2-5,12-14H,6-9H2,1H3,(H,21,23). The lowest BCUT2D eigenvalue weighted by molar-refractivity contribution is -0.353. The first kappa shape index (κ1) is 17.7. The number of nitrogens with one attached hydrogen (secondary N) is 1. The van der Waals surface area contributed by atoms with E-state index in [4.69, 9.17) is 0 Å². The van der Waals surface area contributed by atoms with E-state index in [-0.39, 0.29) is 30.7 Å². The minimum absolute atomic E-state index is 0.0574. The summed E-state index contributed by atoms with van der Waals surface area (Å²) < 4.78 is 40.6. The molecule has 1 N–H and O–H groups in total. The van der Waals surface area contributed by atoms with E-state index in [0.29, 0.717) is 13.0 Å². The van der Waals surface area contributed by atoms with Crippen molar-refractivity contribution in [3.63, 3.8) is 0 Å². The number of hydrogen-bond acceptors (Lipinski definition) is 3. The Morgan fingerprint density at radius 1 is 1.24 bits per heavy atom. The molecule has 1 aliphatic carbocycles. The summed E-state index contributed by atoms with van der Waals surface area (Å²) >= 11 is 0. The van der Waals surface area contributed by atoms with Gasteiger partial charge in [0.25, 0.3) is 0 Å². The summed E-state index contributed by atoms with van der Waals surface area (Å²) in [6.45, 7) is 1.73. The molecule has 1 fully saturated rings. The van der Waals surface area contributed by atoms with Crippen LogP contribution >= 0.6 is 0 Å². The number of carbonyl (C=O) groups excluding carboxylic acids is 2. The van der Waals surface area contributed by atoms with E-state index in [9.17, 15) is 22.8 Å². The number of amides is 2. The van der Waals surface area contributed by atoms with Gasteiger partial charge in [0.15, 0.2) is 0 Å². The number of anilines is 1. The van der Waals surface area contributed by atoms with Crippen LogP contribution in [0.25, 0.3) is 0 Å². The third-order valence-electron chi connectivity index (χ3n) is 4.57. The maximum Gasteiger partial charge on any atom is 0.522 e. The molecule has 1 atom stereocenters. The summed E-state index contributed by atoms with van der Waals surface area (Å²) in [5, 5.41) is 2.82. The molecular formula is C17H19F3N2O3. The molecule has 3 rings (SSSR count). The molecule has 1 heterocycles. The van der Waals surface area contributed by atoms with Gasteiger partial charge in [-0.25, -0.2) is 0 Å². The van der Waals surface area contributed by atoms with E-state index in [0.717, 1.165) is 11.3 Å². The van der Waals surface area contributed by atoms with Crippen LogP contribution in [0.4, 0.5) is 18.9 Å². The number of carbonyl (C=O) groups is 2. The summed E-state index contributed by atoms with van der Waals surface area (Å²) in [4.78, 5) is 25.7. The SMILES string of the molecule is CC(=O)NC1Cc2ccccc2N(C(=O)C2CC(OC(F)(F)F)C2)C1. The molecule has 1 unspecified atom stereocenters. The third kappa shape index (κ3) is 4.12. The highest BCUT2D eigenvalue weighted by atomic mass is 19.4. The second kappa shape index (κ2) is 6.67. The van der Waals surface area contributed by atoms with Crippen LogP contribution in [0.5, 0.6) is 0 Å². The molecule has 0 saturated heterocycles. The number of halogens is 3. The lowest BCUT2D eigenvalue weighted by Crippen LogP contribution is -2.53. The fourth-order valence-corrected chi connectivity index (χ4v) is 3.46. The Morgan fingerprint density at radius 3 is 2.56 bits per heavy atom. The van der Waals surface area contributed by atoms with E-state index in [1.807, 2.05) is 24.3 Å². The Balaban J connectivity index is 1.70. The van der Waals surface area contributed by atoms with E-state index in [1.54, 1.807) is 4.90 Å². The van der Waals surface area contributed by atoms with Gasteiger partial charge in [-0.2, -0.15) is 0 Å². The topological polar surface area (TPSA) is 58.6 Å². The average Bonchev–Trinajstić information content (AvgIpc) is 2.47. The average molecular weight is 356 g/mol. The molecule has 25 heavy (non-hydrogen) atoms. The normalized spacial score (nSPS) is 25.8. The lowest BCUT2D eigenvalue weighted by atomic mass is 9.80. The van der Waals surface area contributed by atoms with Gasteiger partial charge in [0.05, 0.1) is 12.1 Å². The summed E-state index contributed by atoms with van der Waals surface area (Å²) in [6, 6.07) is 7.17. The number of rotatable bonds is 3. The minimum atomic E-state index is -4.67. The van der Waals surface area contributed by atoms with Crippen molar-refractivity contribution in [2.45, 2.75) is 44.7 Å². The zero-order valence-corrected chi connectivity index (χ0v) is 13.7. The van der Waals surface area contributed by atoms with Crippen molar-refractivity contribution in [2.75, 3.05) is 11.4 Å². The second-order valence-corrected chi connectivity index (χ2v) is 6.53. The Kier molecular flexibility index (Phi) is 4.73. The van der Waals surface area contributed by atoms with Gasteiger partial charge in [0, 0.05) is 25.1 Å². The molecule has 1 aromatic rings. The molecule has 8 heteroatoms. The predicted octanol–water partition coefficient (Wildman–Crippen LogP) is 2.40.